The van der Waals surface area contributed by atoms with Gasteiger partial charge in [-0.1, -0.05) is 36.8 Å². The SMILES string of the molecule is CCC1=CCC(COc2ccc(C3CN(C(=O)c4cc(CCC(O)CO)ccn4)C3)cc2OC)C=C1. The van der Waals surface area contributed by atoms with Crippen LogP contribution in [0.2, 0.25) is 0 Å². The third-order valence-corrected chi connectivity index (χ3v) is 6.97. The number of aromatic nitrogens is 1. The van der Waals surface area contributed by atoms with Crippen molar-refractivity contribution in [2.24, 2.45) is 5.92 Å². The lowest BCUT2D eigenvalue weighted by atomic mass is 9.90. The highest BCUT2D eigenvalue weighted by molar-refractivity contribution is 5.93. The molecule has 0 spiro atoms. The Labute approximate surface area is 213 Å². The molecule has 1 aromatic heterocycles. The third-order valence-electron chi connectivity index (χ3n) is 6.97. The smallest absolute Gasteiger partial charge is 0.272 e. The Morgan fingerprint density at radius 3 is 2.75 bits per heavy atom. The van der Waals surface area contributed by atoms with Crippen molar-refractivity contribution in [2.45, 2.75) is 44.6 Å². The predicted octanol–water partition coefficient (Wildman–Crippen LogP) is 3.91. The van der Waals surface area contributed by atoms with Gasteiger partial charge in [-0.2, -0.15) is 0 Å². The molecule has 1 saturated heterocycles. The normalized spacial score (nSPS) is 18.4. The monoisotopic (exact) mass is 492 g/mol. The van der Waals surface area contributed by atoms with E-state index in [1.165, 1.54) is 5.57 Å². The lowest BCUT2D eigenvalue weighted by Crippen LogP contribution is -2.48. The fourth-order valence-electron chi connectivity index (χ4n) is 4.54. The number of aliphatic hydroxyl groups excluding tert-OH is 2. The van der Waals surface area contributed by atoms with Gasteiger partial charge in [0, 0.05) is 31.1 Å². The van der Waals surface area contributed by atoms with Gasteiger partial charge in [-0.3, -0.25) is 9.78 Å². The summed E-state index contributed by atoms with van der Waals surface area (Å²) in [7, 11) is 1.65. The first kappa shape index (κ1) is 25.9. The number of aliphatic hydroxyl groups is 2. The predicted molar refractivity (Wildman–Crippen MR) is 138 cm³/mol. The van der Waals surface area contributed by atoms with Crippen molar-refractivity contribution in [1.82, 2.24) is 9.88 Å². The number of allylic oxidation sites excluding steroid dienone is 3. The van der Waals surface area contributed by atoms with E-state index in [0.717, 1.165) is 29.7 Å². The first-order chi connectivity index (χ1) is 17.5. The summed E-state index contributed by atoms with van der Waals surface area (Å²) in [5, 5.41) is 18.6. The van der Waals surface area contributed by atoms with Crippen molar-refractivity contribution in [3.05, 3.63) is 77.2 Å². The first-order valence-corrected chi connectivity index (χ1v) is 12.7. The Balaban J connectivity index is 1.31. The van der Waals surface area contributed by atoms with Gasteiger partial charge in [0.15, 0.2) is 11.5 Å². The number of aryl methyl sites for hydroxylation is 1. The minimum atomic E-state index is -0.752. The van der Waals surface area contributed by atoms with Crippen LogP contribution in [-0.4, -0.2) is 65.5 Å². The number of likely N-dealkylation sites (tertiary alicyclic amines) is 1. The maximum Gasteiger partial charge on any atom is 0.272 e. The first-order valence-electron chi connectivity index (χ1n) is 12.7. The van der Waals surface area contributed by atoms with Gasteiger partial charge < -0.3 is 24.6 Å². The molecule has 2 N–H and O–H groups in total. The Morgan fingerprint density at radius 1 is 1.22 bits per heavy atom. The number of hydrogen-bond acceptors (Lipinski definition) is 6. The molecule has 0 radical (unpaired) electrons. The van der Waals surface area contributed by atoms with Crippen molar-refractivity contribution in [3.63, 3.8) is 0 Å². The van der Waals surface area contributed by atoms with Gasteiger partial charge in [0.05, 0.1) is 26.4 Å². The standard InChI is InChI=1S/C29H36N2O5/c1-3-20-4-6-22(7-5-20)19-36-27-11-9-23(15-28(27)35-2)24-16-31(17-24)29(34)26-14-21(12-13-30-26)8-10-25(33)18-32/h4-6,9,11-15,22,24-25,32-33H,3,7-8,10,16-19H2,1-2H3. The molecule has 4 rings (SSSR count). The molecule has 2 aromatic rings. The fraction of sp³-hybridized carbons (Fsp3) is 0.448. The maximum absolute atomic E-state index is 12.9. The lowest BCUT2D eigenvalue weighted by Gasteiger charge is -2.39. The Morgan fingerprint density at radius 2 is 2.06 bits per heavy atom. The number of hydrogen-bond donors (Lipinski definition) is 2. The second-order valence-electron chi connectivity index (χ2n) is 9.54. The molecule has 36 heavy (non-hydrogen) atoms. The highest BCUT2D eigenvalue weighted by Gasteiger charge is 2.33. The molecule has 0 bridgehead atoms. The van der Waals surface area contributed by atoms with E-state index in [2.05, 4.69) is 36.2 Å². The second kappa shape index (κ2) is 12.2. The topological polar surface area (TPSA) is 92.1 Å². The molecule has 1 aliphatic heterocycles. The summed E-state index contributed by atoms with van der Waals surface area (Å²) in [6.07, 6.45) is 10.6. The molecule has 192 valence electrons. The van der Waals surface area contributed by atoms with Gasteiger partial charge in [0.1, 0.15) is 5.69 Å². The Bertz CT molecular complexity index is 1110. The average molecular weight is 493 g/mol. The highest BCUT2D eigenvalue weighted by atomic mass is 16.5. The van der Waals surface area contributed by atoms with E-state index < -0.39 is 6.10 Å². The number of carbonyl (C=O) groups excluding carboxylic acids is 1. The summed E-state index contributed by atoms with van der Waals surface area (Å²) >= 11 is 0. The van der Waals surface area contributed by atoms with Crippen LogP contribution < -0.4 is 9.47 Å². The number of methoxy groups -OCH3 is 1. The van der Waals surface area contributed by atoms with Gasteiger partial charge in [0.25, 0.3) is 5.91 Å². The molecule has 2 aliphatic rings. The van der Waals surface area contributed by atoms with Crippen LogP contribution in [0.15, 0.2) is 60.3 Å². The number of amides is 1. The van der Waals surface area contributed by atoms with E-state index in [1.807, 2.05) is 18.2 Å². The number of benzene rings is 1. The quantitative estimate of drug-likeness (QED) is 0.494. The van der Waals surface area contributed by atoms with Crippen LogP contribution in [-0.2, 0) is 6.42 Å². The van der Waals surface area contributed by atoms with Crippen LogP contribution in [0.5, 0.6) is 11.5 Å². The molecule has 2 heterocycles. The third kappa shape index (κ3) is 6.33. The number of ether oxygens (including phenoxy) is 2. The van der Waals surface area contributed by atoms with Crippen LogP contribution in [0.3, 0.4) is 0 Å². The van der Waals surface area contributed by atoms with Gasteiger partial charge in [0.2, 0.25) is 0 Å². The minimum absolute atomic E-state index is 0.0939. The molecule has 0 saturated carbocycles. The Hall–Kier alpha value is -3.16. The largest absolute Gasteiger partial charge is 0.493 e. The van der Waals surface area contributed by atoms with Crippen LogP contribution >= 0.6 is 0 Å². The number of nitrogens with zero attached hydrogens (tertiary/aromatic N) is 2. The van der Waals surface area contributed by atoms with E-state index in [-0.39, 0.29) is 18.4 Å². The molecule has 7 nitrogen and oxygen atoms in total. The summed E-state index contributed by atoms with van der Waals surface area (Å²) in [6, 6.07) is 9.64. The molecule has 1 aliphatic carbocycles. The van der Waals surface area contributed by atoms with Crippen molar-refractivity contribution in [3.8, 4) is 11.5 Å². The van der Waals surface area contributed by atoms with Crippen molar-refractivity contribution in [1.29, 1.82) is 0 Å². The van der Waals surface area contributed by atoms with E-state index in [4.69, 9.17) is 14.6 Å². The summed E-state index contributed by atoms with van der Waals surface area (Å²) in [6.45, 7) is 3.75. The van der Waals surface area contributed by atoms with Gasteiger partial charge in [-0.05, 0) is 61.1 Å². The summed E-state index contributed by atoms with van der Waals surface area (Å²) < 4.78 is 11.7. The van der Waals surface area contributed by atoms with Crippen LogP contribution in [0, 0.1) is 5.92 Å². The molecule has 2 atom stereocenters. The summed E-state index contributed by atoms with van der Waals surface area (Å²) in [5.41, 5.74) is 3.82. The summed E-state index contributed by atoms with van der Waals surface area (Å²) in [4.78, 5) is 19.0. The van der Waals surface area contributed by atoms with Crippen LogP contribution in [0.1, 0.15) is 53.7 Å². The molecular weight excluding hydrogens is 456 g/mol. The van der Waals surface area contributed by atoms with Crippen molar-refractivity contribution in [2.75, 3.05) is 33.4 Å². The number of pyridine rings is 1. The molecule has 2 unspecified atom stereocenters. The zero-order valence-corrected chi connectivity index (χ0v) is 21.1. The molecule has 1 aromatic carbocycles. The summed E-state index contributed by atoms with van der Waals surface area (Å²) in [5.74, 6) is 1.95. The van der Waals surface area contributed by atoms with Gasteiger partial charge in [-0.15, -0.1) is 0 Å². The fourth-order valence-corrected chi connectivity index (χ4v) is 4.54. The van der Waals surface area contributed by atoms with E-state index in [9.17, 15) is 9.90 Å². The average Bonchev–Trinajstić information content (AvgIpc) is 2.90. The molecule has 1 fully saturated rings. The minimum Gasteiger partial charge on any atom is -0.493 e. The van der Waals surface area contributed by atoms with Gasteiger partial charge >= 0.3 is 0 Å². The van der Waals surface area contributed by atoms with Crippen LogP contribution in [0.4, 0.5) is 0 Å². The van der Waals surface area contributed by atoms with Crippen molar-refractivity contribution >= 4 is 5.91 Å². The second-order valence-corrected chi connectivity index (χ2v) is 9.54. The number of rotatable bonds is 11. The van der Waals surface area contributed by atoms with Crippen LogP contribution in [0.25, 0.3) is 0 Å². The van der Waals surface area contributed by atoms with Crippen molar-refractivity contribution < 1.29 is 24.5 Å². The molecule has 7 heteroatoms. The molecular formula is C29H36N2O5. The number of carbonyl (C=O) groups is 1. The zero-order chi connectivity index (χ0) is 25.5. The maximum atomic E-state index is 12.9. The van der Waals surface area contributed by atoms with E-state index in [0.29, 0.717) is 49.9 Å². The van der Waals surface area contributed by atoms with E-state index >= 15 is 0 Å². The molecule has 1 amide bonds. The Kier molecular flexibility index (Phi) is 8.78. The highest BCUT2D eigenvalue weighted by Crippen LogP contribution is 2.35. The zero-order valence-electron chi connectivity index (χ0n) is 21.1. The van der Waals surface area contributed by atoms with E-state index in [1.54, 1.807) is 24.3 Å². The van der Waals surface area contributed by atoms with Gasteiger partial charge in [-0.25, -0.2) is 0 Å². The lowest BCUT2D eigenvalue weighted by molar-refractivity contribution is 0.0595.